The normalized spacial score (nSPS) is 23.9. The number of nitrogens with one attached hydrogen (secondary N) is 1. The molecule has 1 fully saturated rings. The first-order valence-electron chi connectivity index (χ1n) is 6.15. The average Bonchev–Trinajstić information content (AvgIpc) is 2.13. The highest BCUT2D eigenvalue weighted by molar-refractivity contribution is 5.33. The lowest BCUT2D eigenvalue weighted by molar-refractivity contribution is 0.0858. The van der Waals surface area contributed by atoms with Crippen LogP contribution in [0.4, 0.5) is 0 Å². The molecule has 0 heterocycles. The second kappa shape index (κ2) is 4.88. The van der Waals surface area contributed by atoms with Gasteiger partial charge in [-0.25, -0.2) is 0 Å². The van der Waals surface area contributed by atoms with E-state index < -0.39 is 0 Å². The minimum absolute atomic E-state index is 0.408. The molecule has 0 aliphatic heterocycles. The quantitative estimate of drug-likeness (QED) is 0.840. The van der Waals surface area contributed by atoms with E-state index >= 15 is 0 Å². The van der Waals surface area contributed by atoms with Crippen LogP contribution in [-0.4, -0.2) is 18.7 Å². The van der Waals surface area contributed by atoms with Crippen LogP contribution in [0.1, 0.15) is 30.9 Å². The third kappa shape index (κ3) is 2.76. The molecule has 2 rings (SSSR count). The van der Waals surface area contributed by atoms with E-state index in [9.17, 15) is 0 Å². The molecule has 0 atom stereocenters. The third-order valence-electron chi connectivity index (χ3n) is 3.09. The van der Waals surface area contributed by atoms with E-state index in [-0.39, 0.29) is 0 Å². The molecular formula is C14H21NO. The highest BCUT2D eigenvalue weighted by atomic mass is 16.5. The van der Waals surface area contributed by atoms with Gasteiger partial charge in [-0.2, -0.15) is 0 Å². The Labute approximate surface area is 98.0 Å². The number of hydrogen-bond donors (Lipinski definition) is 1. The summed E-state index contributed by atoms with van der Waals surface area (Å²) in [6, 6.07) is 7.08. The van der Waals surface area contributed by atoms with E-state index in [4.69, 9.17) is 4.74 Å². The van der Waals surface area contributed by atoms with Crippen molar-refractivity contribution in [1.82, 2.24) is 5.32 Å². The van der Waals surface area contributed by atoms with Gasteiger partial charge in [0.05, 0.1) is 0 Å². The number of rotatable bonds is 4. The van der Waals surface area contributed by atoms with Crippen molar-refractivity contribution in [2.24, 2.45) is 0 Å². The van der Waals surface area contributed by atoms with Crippen LogP contribution in [-0.2, 0) is 0 Å². The monoisotopic (exact) mass is 219 g/mol. The van der Waals surface area contributed by atoms with E-state index in [1.54, 1.807) is 0 Å². The van der Waals surface area contributed by atoms with Crippen LogP contribution in [0.25, 0.3) is 0 Å². The summed E-state index contributed by atoms with van der Waals surface area (Å²) in [5, 5.41) is 3.44. The molecule has 1 N–H and O–H groups in total. The van der Waals surface area contributed by atoms with Crippen LogP contribution < -0.4 is 10.1 Å². The predicted octanol–water partition coefficient (Wildman–Crippen LogP) is 2.82. The van der Waals surface area contributed by atoms with Gasteiger partial charge >= 0.3 is 0 Å². The molecule has 0 radical (unpaired) electrons. The molecular weight excluding hydrogens is 198 g/mol. The summed E-state index contributed by atoms with van der Waals surface area (Å²) >= 11 is 0. The van der Waals surface area contributed by atoms with Crippen LogP contribution in [0.15, 0.2) is 18.2 Å². The van der Waals surface area contributed by atoms with Crippen LogP contribution in [0.5, 0.6) is 5.75 Å². The van der Waals surface area contributed by atoms with Crippen molar-refractivity contribution in [1.29, 1.82) is 0 Å². The minimum atomic E-state index is 0.408. The predicted molar refractivity (Wildman–Crippen MR) is 67.0 cm³/mol. The lowest BCUT2D eigenvalue weighted by Crippen LogP contribution is -2.46. The van der Waals surface area contributed by atoms with Gasteiger partial charge in [-0.1, -0.05) is 13.0 Å². The number of aryl methyl sites for hydroxylation is 2. The van der Waals surface area contributed by atoms with Crippen molar-refractivity contribution in [3.05, 3.63) is 29.3 Å². The smallest absolute Gasteiger partial charge is 0.120 e. The highest BCUT2D eigenvalue weighted by Crippen LogP contribution is 2.27. The Bertz CT molecular complexity index is 336. The van der Waals surface area contributed by atoms with Gasteiger partial charge in [-0.05, 0) is 56.5 Å². The second-order valence-corrected chi connectivity index (χ2v) is 4.79. The van der Waals surface area contributed by atoms with Gasteiger partial charge in [0.1, 0.15) is 11.9 Å². The number of ether oxygens (including phenoxy) is 1. The van der Waals surface area contributed by atoms with Gasteiger partial charge in [0.15, 0.2) is 0 Å². The number of hydrogen-bond acceptors (Lipinski definition) is 2. The summed E-state index contributed by atoms with van der Waals surface area (Å²) in [5.74, 6) is 1.03. The van der Waals surface area contributed by atoms with Crippen molar-refractivity contribution in [2.45, 2.75) is 45.8 Å². The number of benzene rings is 1. The summed E-state index contributed by atoms with van der Waals surface area (Å²) in [6.07, 6.45) is 2.69. The van der Waals surface area contributed by atoms with Crippen molar-refractivity contribution < 1.29 is 4.74 Å². The summed E-state index contributed by atoms with van der Waals surface area (Å²) in [5.41, 5.74) is 2.55. The largest absolute Gasteiger partial charge is 0.490 e. The first-order chi connectivity index (χ1) is 7.67. The second-order valence-electron chi connectivity index (χ2n) is 4.79. The third-order valence-corrected chi connectivity index (χ3v) is 3.09. The van der Waals surface area contributed by atoms with Gasteiger partial charge < -0.3 is 10.1 Å². The Balaban J connectivity index is 1.86. The maximum Gasteiger partial charge on any atom is 0.120 e. The van der Waals surface area contributed by atoms with Gasteiger partial charge in [0.2, 0.25) is 0 Å². The molecule has 0 spiro atoms. The molecule has 0 amide bonds. The molecule has 0 unspecified atom stereocenters. The standard InChI is InChI=1S/C14H21NO/c1-4-15-12-8-14(9-12)16-13-6-10(2)5-11(3)7-13/h5-7,12,14-15H,4,8-9H2,1-3H3. The first kappa shape index (κ1) is 11.5. The summed E-state index contributed by atoms with van der Waals surface area (Å²) in [7, 11) is 0. The molecule has 2 heteroatoms. The maximum atomic E-state index is 5.95. The molecule has 88 valence electrons. The Morgan fingerprint density at radius 2 is 1.81 bits per heavy atom. The van der Waals surface area contributed by atoms with Crippen molar-refractivity contribution >= 4 is 0 Å². The highest BCUT2D eigenvalue weighted by Gasteiger charge is 2.29. The minimum Gasteiger partial charge on any atom is -0.490 e. The average molecular weight is 219 g/mol. The maximum absolute atomic E-state index is 5.95. The van der Waals surface area contributed by atoms with Crippen molar-refractivity contribution in [2.75, 3.05) is 6.54 Å². The van der Waals surface area contributed by atoms with Gasteiger partial charge in [-0.3, -0.25) is 0 Å². The fourth-order valence-electron chi connectivity index (χ4n) is 2.31. The fourth-order valence-corrected chi connectivity index (χ4v) is 2.31. The molecule has 0 bridgehead atoms. The molecule has 0 aromatic heterocycles. The lowest BCUT2D eigenvalue weighted by Gasteiger charge is -2.35. The Morgan fingerprint density at radius 1 is 1.19 bits per heavy atom. The van der Waals surface area contributed by atoms with E-state index in [0.717, 1.165) is 25.1 Å². The summed E-state index contributed by atoms with van der Waals surface area (Å²) in [6.45, 7) is 7.43. The Hall–Kier alpha value is -1.02. The zero-order valence-electron chi connectivity index (χ0n) is 10.4. The fraction of sp³-hybridized carbons (Fsp3) is 0.571. The zero-order chi connectivity index (χ0) is 11.5. The van der Waals surface area contributed by atoms with Crippen molar-refractivity contribution in [3.63, 3.8) is 0 Å². The molecule has 1 aromatic rings. The molecule has 0 saturated heterocycles. The van der Waals surface area contributed by atoms with Gasteiger partial charge in [0.25, 0.3) is 0 Å². The Kier molecular flexibility index (Phi) is 3.49. The van der Waals surface area contributed by atoms with E-state index in [1.807, 2.05) is 0 Å². The molecule has 1 aliphatic carbocycles. The first-order valence-corrected chi connectivity index (χ1v) is 6.15. The van der Waals surface area contributed by atoms with E-state index in [1.165, 1.54) is 11.1 Å². The molecule has 2 nitrogen and oxygen atoms in total. The van der Waals surface area contributed by atoms with Crippen LogP contribution in [0, 0.1) is 13.8 Å². The van der Waals surface area contributed by atoms with Gasteiger partial charge in [0, 0.05) is 6.04 Å². The molecule has 16 heavy (non-hydrogen) atoms. The zero-order valence-corrected chi connectivity index (χ0v) is 10.4. The lowest BCUT2D eigenvalue weighted by atomic mass is 9.89. The van der Waals surface area contributed by atoms with E-state index in [2.05, 4.69) is 44.3 Å². The Morgan fingerprint density at radius 3 is 2.38 bits per heavy atom. The SMILES string of the molecule is CCNC1CC(Oc2cc(C)cc(C)c2)C1. The molecule has 1 saturated carbocycles. The van der Waals surface area contributed by atoms with Gasteiger partial charge in [-0.15, -0.1) is 0 Å². The van der Waals surface area contributed by atoms with Crippen molar-refractivity contribution in [3.8, 4) is 5.75 Å². The van der Waals surface area contributed by atoms with Crippen LogP contribution in [0.3, 0.4) is 0 Å². The van der Waals surface area contributed by atoms with Crippen LogP contribution in [0.2, 0.25) is 0 Å². The topological polar surface area (TPSA) is 21.3 Å². The summed E-state index contributed by atoms with van der Waals surface area (Å²) in [4.78, 5) is 0. The molecule has 1 aliphatic rings. The summed E-state index contributed by atoms with van der Waals surface area (Å²) < 4.78 is 5.95. The van der Waals surface area contributed by atoms with E-state index in [0.29, 0.717) is 12.1 Å². The van der Waals surface area contributed by atoms with Crippen LogP contribution >= 0.6 is 0 Å². The molecule has 1 aromatic carbocycles.